The second-order valence-corrected chi connectivity index (χ2v) is 8.49. The number of rotatable bonds is 3. The van der Waals surface area contributed by atoms with Crippen molar-refractivity contribution in [3.8, 4) is 0 Å². The number of benzene rings is 2. The Bertz CT molecular complexity index is 899. The van der Waals surface area contributed by atoms with Crippen LogP contribution in [0.5, 0.6) is 0 Å². The molecule has 1 aliphatic rings. The van der Waals surface area contributed by atoms with Gasteiger partial charge in [0.25, 0.3) is 0 Å². The minimum Gasteiger partial charge on any atom is -0.369 e. The average Bonchev–Trinajstić information content (AvgIpc) is 2.82. The number of halogens is 1. The van der Waals surface area contributed by atoms with E-state index in [0.717, 1.165) is 11.8 Å². The predicted molar refractivity (Wildman–Crippen MR) is 99.3 cm³/mol. The summed E-state index contributed by atoms with van der Waals surface area (Å²) in [6.07, 6.45) is 0.653. The molecular weight excluding hydrogens is 384 g/mol. The van der Waals surface area contributed by atoms with E-state index in [0.29, 0.717) is 21.2 Å². The average molecular weight is 399 g/mol. The van der Waals surface area contributed by atoms with E-state index in [4.69, 9.17) is 16.7 Å². The molecule has 1 aliphatic heterocycles. The summed E-state index contributed by atoms with van der Waals surface area (Å²) in [7, 11) is -3.75. The van der Waals surface area contributed by atoms with Crippen molar-refractivity contribution in [2.75, 3.05) is 4.90 Å². The molecule has 3 rings (SSSR count). The Morgan fingerprint density at radius 3 is 2.24 bits per heavy atom. The topological polar surface area (TPSA) is 104 Å². The molecule has 4 N–H and O–H groups in total. The van der Waals surface area contributed by atoms with E-state index in [1.165, 1.54) is 17.0 Å². The summed E-state index contributed by atoms with van der Waals surface area (Å²) >= 11 is 6.96. The summed E-state index contributed by atoms with van der Waals surface area (Å²) in [6, 6.07) is 12.7. The fourth-order valence-electron chi connectivity index (χ4n) is 2.41. The van der Waals surface area contributed by atoms with Gasteiger partial charge in [-0.25, -0.2) is 13.6 Å². The molecule has 1 heterocycles. The lowest BCUT2D eigenvalue weighted by Crippen LogP contribution is -2.35. The highest BCUT2D eigenvalue weighted by atomic mass is 35.5. The molecule has 0 saturated carbocycles. The van der Waals surface area contributed by atoms with E-state index in [1.54, 1.807) is 42.5 Å². The lowest BCUT2D eigenvalue weighted by molar-refractivity contribution is 0.167. The Morgan fingerprint density at radius 2 is 1.68 bits per heavy atom. The van der Waals surface area contributed by atoms with Gasteiger partial charge in [0.1, 0.15) is 0 Å². The number of sulfonamides is 1. The molecule has 9 heteroatoms. The van der Waals surface area contributed by atoms with Gasteiger partial charge in [-0.1, -0.05) is 35.5 Å². The molecule has 2 aromatic rings. The summed E-state index contributed by atoms with van der Waals surface area (Å²) in [5, 5.41) is 26.4. The molecule has 0 radical (unpaired) electrons. The van der Waals surface area contributed by atoms with Gasteiger partial charge in [-0.15, -0.1) is 0 Å². The summed E-state index contributed by atoms with van der Waals surface area (Å²) in [4.78, 5) is 1.99. The molecule has 1 saturated heterocycles. The minimum atomic E-state index is -3.75. The Kier molecular flexibility index (Phi) is 5.10. The quantitative estimate of drug-likeness (QED) is 0.732. The molecule has 0 aromatic heterocycles. The molecule has 25 heavy (non-hydrogen) atoms. The standard InChI is InChI=1S/C16H15ClN2O4S2/c17-11-3-5-12(6-4-11)19-15(20)14(24-16(19)21)9-10-1-7-13(8-2-10)25(18,22)23/h1-9,15-16,20-21H,(H2,18,22,23)/b14-9-. The first-order valence-corrected chi connectivity index (χ1v) is 9.97. The van der Waals surface area contributed by atoms with Gasteiger partial charge < -0.3 is 15.1 Å². The lowest BCUT2D eigenvalue weighted by atomic mass is 10.2. The fourth-order valence-corrected chi connectivity index (χ4v) is 4.08. The zero-order valence-electron chi connectivity index (χ0n) is 12.8. The molecule has 132 valence electrons. The number of hydrogen-bond donors (Lipinski definition) is 3. The molecule has 0 bridgehead atoms. The molecule has 6 nitrogen and oxygen atoms in total. The molecule has 0 spiro atoms. The molecular formula is C16H15ClN2O4S2. The molecule has 2 atom stereocenters. The van der Waals surface area contributed by atoms with Crippen LogP contribution >= 0.6 is 23.4 Å². The van der Waals surface area contributed by atoms with Crippen molar-refractivity contribution in [1.29, 1.82) is 0 Å². The van der Waals surface area contributed by atoms with Crippen molar-refractivity contribution >= 4 is 45.1 Å². The second-order valence-electron chi connectivity index (χ2n) is 5.36. The van der Waals surface area contributed by atoms with Gasteiger partial charge in [0.05, 0.1) is 4.90 Å². The number of anilines is 1. The first-order chi connectivity index (χ1) is 11.8. The van der Waals surface area contributed by atoms with Crippen LogP contribution < -0.4 is 10.0 Å². The third kappa shape index (κ3) is 4.00. The monoisotopic (exact) mass is 398 g/mol. The van der Waals surface area contributed by atoms with Crippen LogP contribution in [0.15, 0.2) is 58.3 Å². The van der Waals surface area contributed by atoms with Crippen molar-refractivity contribution in [2.24, 2.45) is 5.14 Å². The van der Waals surface area contributed by atoms with Crippen LogP contribution in [0.4, 0.5) is 5.69 Å². The van der Waals surface area contributed by atoms with Crippen LogP contribution in [0.2, 0.25) is 5.02 Å². The maximum atomic E-state index is 11.3. The van der Waals surface area contributed by atoms with E-state index < -0.39 is 21.8 Å². The molecule has 2 unspecified atom stereocenters. The van der Waals surface area contributed by atoms with Crippen molar-refractivity contribution in [3.63, 3.8) is 0 Å². The van der Waals surface area contributed by atoms with Crippen LogP contribution in [0.1, 0.15) is 5.56 Å². The van der Waals surface area contributed by atoms with E-state index in [9.17, 15) is 18.6 Å². The van der Waals surface area contributed by atoms with E-state index >= 15 is 0 Å². The number of aliphatic hydroxyl groups is 2. The normalized spacial score (nSPS) is 22.6. The smallest absolute Gasteiger partial charge is 0.238 e. The van der Waals surface area contributed by atoms with Crippen LogP contribution in [0.3, 0.4) is 0 Å². The van der Waals surface area contributed by atoms with Gasteiger partial charge >= 0.3 is 0 Å². The summed E-state index contributed by atoms with van der Waals surface area (Å²) in [5.41, 5.74) is 0.357. The Balaban J connectivity index is 1.86. The summed E-state index contributed by atoms with van der Waals surface area (Å²) < 4.78 is 22.6. The number of thioether (sulfide) groups is 1. The van der Waals surface area contributed by atoms with Gasteiger partial charge in [-0.05, 0) is 48.0 Å². The molecule has 0 aliphatic carbocycles. The number of nitrogens with zero attached hydrogens (tertiary/aromatic N) is 1. The third-order valence-electron chi connectivity index (χ3n) is 3.64. The van der Waals surface area contributed by atoms with Crippen LogP contribution in [-0.2, 0) is 10.0 Å². The van der Waals surface area contributed by atoms with E-state index in [-0.39, 0.29) is 4.90 Å². The lowest BCUT2D eigenvalue weighted by Gasteiger charge is -2.24. The fraction of sp³-hybridized carbons (Fsp3) is 0.125. The first-order valence-electron chi connectivity index (χ1n) is 7.17. The maximum Gasteiger partial charge on any atom is 0.238 e. The molecule has 1 fully saturated rings. The van der Waals surface area contributed by atoms with Crippen LogP contribution in [0.25, 0.3) is 6.08 Å². The highest BCUT2D eigenvalue weighted by molar-refractivity contribution is 8.04. The van der Waals surface area contributed by atoms with Crippen molar-refractivity contribution in [2.45, 2.75) is 16.7 Å². The number of nitrogens with two attached hydrogens (primary N) is 1. The van der Waals surface area contributed by atoms with Crippen molar-refractivity contribution < 1.29 is 18.6 Å². The van der Waals surface area contributed by atoms with Gasteiger partial charge in [0.2, 0.25) is 10.0 Å². The van der Waals surface area contributed by atoms with Crippen LogP contribution in [-0.4, -0.2) is 30.4 Å². The van der Waals surface area contributed by atoms with Crippen molar-refractivity contribution in [1.82, 2.24) is 0 Å². The largest absolute Gasteiger partial charge is 0.369 e. The Hall–Kier alpha value is -1.55. The minimum absolute atomic E-state index is 0.0112. The number of aliphatic hydroxyl groups excluding tert-OH is 2. The van der Waals surface area contributed by atoms with Crippen LogP contribution in [0, 0.1) is 0 Å². The highest BCUT2D eigenvalue weighted by Gasteiger charge is 2.35. The van der Waals surface area contributed by atoms with Gasteiger partial charge in [-0.3, -0.25) is 0 Å². The van der Waals surface area contributed by atoms with Gasteiger partial charge in [0, 0.05) is 15.6 Å². The van der Waals surface area contributed by atoms with Gasteiger partial charge in [0.15, 0.2) is 11.8 Å². The summed E-state index contributed by atoms with van der Waals surface area (Å²) in [6.45, 7) is 0. The Labute approximate surface area is 154 Å². The van der Waals surface area contributed by atoms with E-state index in [1.807, 2.05) is 0 Å². The molecule has 0 amide bonds. The summed E-state index contributed by atoms with van der Waals surface area (Å²) in [5.74, 6) is 0. The maximum absolute atomic E-state index is 11.3. The van der Waals surface area contributed by atoms with Crippen molar-refractivity contribution in [3.05, 3.63) is 64.0 Å². The SMILES string of the molecule is NS(=O)(=O)c1ccc(/C=C2\SC(O)N(c3ccc(Cl)cc3)C2O)cc1. The Morgan fingerprint density at radius 1 is 1.08 bits per heavy atom. The third-order valence-corrected chi connectivity index (χ3v) is 5.86. The zero-order chi connectivity index (χ0) is 18.2. The predicted octanol–water partition coefficient (Wildman–Crippen LogP) is 2.18. The number of primary sulfonamides is 1. The highest BCUT2D eigenvalue weighted by Crippen LogP contribution is 2.40. The van der Waals surface area contributed by atoms with E-state index in [2.05, 4.69) is 0 Å². The van der Waals surface area contributed by atoms with Gasteiger partial charge in [-0.2, -0.15) is 0 Å². The number of hydrogen-bond acceptors (Lipinski definition) is 6. The molecule has 2 aromatic carbocycles. The second kappa shape index (κ2) is 6.99. The zero-order valence-corrected chi connectivity index (χ0v) is 15.2. The first kappa shape index (κ1) is 18.2.